The number of hydrogen-bond acceptors (Lipinski definition) is 7. The Morgan fingerprint density at radius 1 is 0.979 bits per heavy atom. The molecule has 1 aromatic heterocycles. The molecule has 0 aliphatic carbocycles. The second-order valence-corrected chi connectivity index (χ2v) is 11.8. The molecule has 0 unspecified atom stereocenters. The molecule has 3 heterocycles. The van der Waals surface area contributed by atoms with Gasteiger partial charge in [0.15, 0.2) is 0 Å². The van der Waals surface area contributed by atoms with Crippen LogP contribution in [0.2, 0.25) is 0 Å². The van der Waals surface area contributed by atoms with E-state index in [9.17, 15) is 44.3 Å². The maximum Gasteiger partial charge on any atom is 0.416 e. The van der Waals surface area contributed by atoms with Gasteiger partial charge in [-0.05, 0) is 92.9 Å². The molecular formula is C29H30F9N7O2. The fraction of sp³-hybridized carbons (Fsp3) is 0.517. The van der Waals surface area contributed by atoms with Crippen molar-refractivity contribution in [2.24, 2.45) is 0 Å². The van der Waals surface area contributed by atoms with Crippen molar-refractivity contribution in [1.29, 1.82) is 0 Å². The summed E-state index contributed by atoms with van der Waals surface area (Å²) in [6.07, 6.45) is -16.0. The van der Waals surface area contributed by atoms with Gasteiger partial charge in [-0.3, -0.25) is 4.90 Å². The van der Waals surface area contributed by atoms with Crippen LogP contribution < -0.4 is 15.1 Å². The summed E-state index contributed by atoms with van der Waals surface area (Å²) in [4.78, 5) is 16.8. The monoisotopic (exact) mass is 679 g/mol. The summed E-state index contributed by atoms with van der Waals surface area (Å²) in [7, 11) is 0. The lowest BCUT2D eigenvalue weighted by atomic mass is 9.89. The summed E-state index contributed by atoms with van der Waals surface area (Å²) < 4.78 is 130. The minimum Gasteiger partial charge on any atom is -0.446 e. The molecule has 0 saturated carbocycles. The Balaban J connectivity index is 1.68. The first-order chi connectivity index (χ1) is 21.8. The van der Waals surface area contributed by atoms with Crippen LogP contribution in [0.25, 0.3) is 0 Å². The van der Waals surface area contributed by atoms with Gasteiger partial charge >= 0.3 is 24.6 Å². The molecule has 3 atom stereocenters. The molecule has 0 bridgehead atoms. The molecule has 256 valence electrons. The maximum atomic E-state index is 14.0. The molecule has 0 radical (unpaired) electrons. The molecule has 1 fully saturated rings. The number of fused-ring (bicyclic) bond motifs is 1. The van der Waals surface area contributed by atoms with Crippen LogP contribution >= 0.6 is 0 Å². The van der Waals surface area contributed by atoms with Crippen LogP contribution in [-0.4, -0.2) is 51.5 Å². The van der Waals surface area contributed by atoms with Crippen LogP contribution in [0.3, 0.4) is 0 Å². The van der Waals surface area contributed by atoms with Gasteiger partial charge in [0.1, 0.15) is 0 Å². The van der Waals surface area contributed by atoms with E-state index >= 15 is 0 Å². The summed E-state index contributed by atoms with van der Waals surface area (Å²) in [6, 6.07) is 1.55. The molecule has 2 aromatic carbocycles. The number of benzene rings is 2. The van der Waals surface area contributed by atoms with Crippen LogP contribution in [0.4, 0.5) is 55.9 Å². The normalized spacial score (nSPS) is 20.4. The quantitative estimate of drug-likeness (QED) is 0.277. The zero-order chi connectivity index (χ0) is 34.5. The van der Waals surface area contributed by atoms with Crippen molar-refractivity contribution in [3.8, 4) is 0 Å². The third-order valence-electron chi connectivity index (χ3n) is 7.92. The number of alkyl halides is 9. The number of tetrazole rings is 1. The number of hydrogen-bond donors (Lipinski definition) is 1. The predicted molar refractivity (Wildman–Crippen MR) is 149 cm³/mol. The average Bonchev–Trinajstić information content (AvgIpc) is 3.66. The van der Waals surface area contributed by atoms with Gasteiger partial charge in [-0.25, -0.2) is 4.79 Å². The van der Waals surface area contributed by atoms with E-state index in [1.165, 1.54) is 14.6 Å². The van der Waals surface area contributed by atoms with E-state index in [0.29, 0.717) is 31.6 Å². The zero-order valence-electron chi connectivity index (χ0n) is 25.2. The summed E-state index contributed by atoms with van der Waals surface area (Å²) in [5.74, 6) is -0.235. The number of anilines is 2. The standard InChI is InChI=1S/C29H30F9N7O2/c1-15(2)47-26(46)44-16(3)8-24(22-12-18(27(30,31)32)4-5-23(22)44)43(25-40-42-45(41-25)21-6-7-39-13-21)14-17-9-19(28(33,34)35)11-20(10-17)29(36,37)38/h4-5,9-12,15-16,21,24,39H,6-8,13-14H2,1-3H3/t16-,21+,24+/m0/s1. The first-order valence-corrected chi connectivity index (χ1v) is 14.6. The molecule has 1 N–H and O–H groups in total. The molecule has 5 rings (SSSR count). The third-order valence-corrected chi connectivity index (χ3v) is 7.92. The smallest absolute Gasteiger partial charge is 0.416 e. The van der Waals surface area contributed by atoms with Gasteiger partial charge in [-0.2, -0.15) is 44.3 Å². The van der Waals surface area contributed by atoms with E-state index in [4.69, 9.17) is 4.74 Å². The fourth-order valence-corrected chi connectivity index (χ4v) is 5.79. The number of aromatic nitrogens is 4. The number of nitrogens with zero attached hydrogens (tertiary/aromatic N) is 6. The highest BCUT2D eigenvalue weighted by atomic mass is 19.4. The second kappa shape index (κ2) is 12.5. The summed E-state index contributed by atoms with van der Waals surface area (Å²) in [5, 5.41) is 15.6. The molecule has 3 aromatic rings. The fourth-order valence-electron chi connectivity index (χ4n) is 5.79. The Labute approximate surface area is 262 Å². The Morgan fingerprint density at radius 3 is 2.17 bits per heavy atom. The van der Waals surface area contributed by atoms with E-state index < -0.39 is 71.6 Å². The van der Waals surface area contributed by atoms with Gasteiger partial charge in [0.05, 0.1) is 40.6 Å². The molecular weight excluding hydrogens is 649 g/mol. The van der Waals surface area contributed by atoms with Crippen LogP contribution in [0, 0.1) is 0 Å². The number of carbonyl (C=O) groups is 1. The lowest BCUT2D eigenvalue weighted by Crippen LogP contribution is -2.47. The summed E-state index contributed by atoms with van der Waals surface area (Å²) in [6.45, 7) is 5.18. The third kappa shape index (κ3) is 7.41. The average molecular weight is 680 g/mol. The Morgan fingerprint density at radius 2 is 1.62 bits per heavy atom. The molecule has 1 saturated heterocycles. The summed E-state index contributed by atoms with van der Waals surface area (Å²) >= 11 is 0. The topological polar surface area (TPSA) is 88.4 Å². The van der Waals surface area contributed by atoms with Gasteiger partial charge in [0.25, 0.3) is 5.95 Å². The van der Waals surface area contributed by atoms with Crippen LogP contribution in [0.5, 0.6) is 0 Å². The van der Waals surface area contributed by atoms with E-state index in [1.807, 2.05) is 0 Å². The van der Waals surface area contributed by atoms with Crippen molar-refractivity contribution >= 4 is 17.7 Å². The van der Waals surface area contributed by atoms with Crippen LogP contribution in [0.15, 0.2) is 36.4 Å². The number of rotatable bonds is 6. The number of halogens is 9. The molecule has 2 aliphatic heterocycles. The van der Waals surface area contributed by atoms with Crippen molar-refractivity contribution in [3.63, 3.8) is 0 Å². The molecule has 47 heavy (non-hydrogen) atoms. The highest BCUT2D eigenvalue weighted by Gasteiger charge is 2.42. The van der Waals surface area contributed by atoms with Gasteiger partial charge in [0.2, 0.25) is 0 Å². The largest absolute Gasteiger partial charge is 0.446 e. The minimum absolute atomic E-state index is 0.0126. The molecule has 18 heteroatoms. The summed E-state index contributed by atoms with van der Waals surface area (Å²) in [5.41, 5.74) is -4.72. The molecule has 9 nitrogen and oxygen atoms in total. The first kappa shape index (κ1) is 34.3. The van der Waals surface area contributed by atoms with E-state index in [1.54, 1.807) is 20.8 Å². The van der Waals surface area contributed by atoms with E-state index in [-0.39, 0.29) is 35.7 Å². The highest BCUT2D eigenvalue weighted by Crippen LogP contribution is 2.45. The number of nitrogens with one attached hydrogen (secondary N) is 1. The van der Waals surface area contributed by atoms with Gasteiger partial charge in [-0.1, -0.05) is 5.10 Å². The first-order valence-electron chi connectivity index (χ1n) is 14.6. The van der Waals surface area contributed by atoms with Crippen molar-refractivity contribution in [1.82, 2.24) is 25.5 Å². The van der Waals surface area contributed by atoms with Crippen LogP contribution in [0.1, 0.15) is 73.5 Å². The Kier molecular flexibility index (Phi) is 9.11. The van der Waals surface area contributed by atoms with Gasteiger partial charge < -0.3 is 15.0 Å². The Bertz CT molecular complexity index is 1570. The number of ether oxygens (including phenoxy) is 1. The van der Waals surface area contributed by atoms with Crippen molar-refractivity contribution in [2.75, 3.05) is 22.9 Å². The molecule has 0 spiro atoms. The lowest BCUT2D eigenvalue weighted by Gasteiger charge is -2.43. The molecule has 2 aliphatic rings. The van der Waals surface area contributed by atoms with Crippen LogP contribution in [-0.2, 0) is 29.8 Å². The second-order valence-electron chi connectivity index (χ2n) is 11.8. The van der Waals surface area contributed by atoms with Gasteiger partial charge in [-0.15, -0.1) is 5.10 Å². The van der Waals surface area contributed by atoms with Crippen molar-refractivity contribution in [2.45, 2.75) is 82.9 Å². The zero-order valence-corrected chi connectivity index (χ0v) is 25.2. The van der Waals surface area contributed by atoms with E-state index in [2.05, 4.69) is 20.7 Å². The maximum absolute atomic E-state index is 14.0. The number of carbonyl (C=O) groups excluding carboxylic acids is 1. The van der Waals surface area contributed by atoms with E-state index in [0.717, 1.165) is 18.2 Å². The van der Waals surface area contributed by atoms with Gasteiger partial charge in [0, 0.05) is 19.1 Å². The SMILES string of the molecule is CC(C)OC(=O)N1c2ccc(C(F)(F)F)cc2[C@H](N(Cc2cc(C(F)(F)F)cc(C(F)(F)F)c2)c2nnn([C@@H]3CCNC3)n2)C[C@@H]1C. The lowest BCUT2D eigenvalue weighted by molar-refractivity contribution is -0.143. The van der Waals surface area contributed by atoms with Crippen molar-refractivity contribution < 1.29 is 49.0 Å². The molecule has 1 amide bonds. The highest BCUT2D eigenvalue weighted by molar-refractivity contribution is 5.90. The Hall–Kier alpha value is -4.09. The van der Waals surface area contributed by atoms with Crippen molar-refractivity contribution in [3.05, 3.63) is 64.2 Å². The predicted octanol–water partition coefficient (Wildman–Crippen LogP) is 7.16. The minimum atomic E-state index is -5.14. The number of amides is 1.